The minimum absolute atomic E-state index is 0.0921. The number of nitrogens with zero attached hydrogens (tertiary/aromatic N) is 1. The van der Waals surface area contributed by atoms with Crippen molar-refractivity contribution in [2.24, 2.45) is 5.92 Å². The number of carbonyl (C=O) groups excluding carboxylic acids is 1. The molecule has 0 saturated carbocycles. The van der Waals surface area contributed by atoms with Gasteiger partial charge in [0.2, 0.25) is 0 Å². The fourth-order valence-electron chi connectivity index (χ4n) is 2.10. The lowest BCUT2D eigenvalue weighted by Crippen LogP contribution is -2.34. The van der Waals surface area contributed by atoms with Gasteiger partial charge in [0, 0.05) is 23.1 Å². The van der Waals surface area contributed by atoms with Crippen molar-refractivity contribution in [1.82, 2.24) is 4.90 Å². The Labute approximate surface area is 123 Å². The van der Waals surface area contributed by atoms with E-state index in [0.29, 0.717) is 23.0 Å². The molecule has 2 amide bonds. The second-order valence-electron chi connectivity index (χ2n) is 4.73. The molecule has 1 aromatic rings. The first kappa shape index (κ1) is 14.8. The Morgan fingerprint density at radius 2 is 2.20 bits per heavy atom. The lowest BCUT2D eigenvalue weighted by Gasteiger charge is -2.17. The summed E-state index contributed by atoms with van der Waals surface area (Å²) in [6.45, 7) is 2.11. The zero-order valence-corrected chi connectivity index (χ0v) is 12.4. The average molecular weight is 345 g/mol. The number of likely N-dealkylation sites (tertiary alicyclic amines) is 1. The molecular formula is C13H14BrFN2O3. The predicted molar refractivity (Wildman–Crippen MR) is 75.2 cm³/mol. The van der Waals surface area contributed by atoms with Crippen LogP contribution < -0.4 is 5.32 Å². The molecule has 1 aliphatic rings. The van der Waals surface area contributed by atoms with Crippen LogP contribution in [0.3, 0.4) is 0 Å². The number of nitrogens with one attached hydrogen (secondary N) is 1. The number of carboxylic acids is 1. The Morgan fingerprint density at radius 3 is 2.80 bits per heavy atom. The van der Waals surface area contributed by atoms with Crippen molar-refractivity contribution < 1.29 is 19.1 Å². The van der Waals surface area contributed by atoms with Crippen LogP contribution in [0.4, 0.5) is 14.9 Å². The average Bonchev–Trinajstić information content (AvgIpc) is 2.89. The molecule has 20 heavy (non-hydrogen) atoms. The van der Waals surface area contributed by atoms with Gasteiger partial charge in [-0.15, -0.1) is 0 Å². The number of halogens is 2. The Hall–Kier alpha value is -1.63. The van der Waals surface area contributed by atoms with Crippen molar-refractivity contribution in [3.05, 3.63) is 28.0 Å². The number of amides is 2. The summed E-state index contributed by atoms with van der Waals surface area (Å²) in [6, 6.07) is 2.64. The number of hydrogen-bond donors (Lipinski definition) is 2. The molecule has 1 heterocycles. The van der Waals surface area contributed by atoms with E-state index in [9.17, 15) is 14.0 Å². The third kappa shape index (κ3) is 2.92. The van der Waals surface area contributed by atoms with Gasteiger partial charge in [-0.05, 0) is 25.5 Å². The largest absolute Gasteiger partial charge is 0.481 e. The van der Waals surface area contributed by atoms with Crippen molar-refractivity contribution in [3.63, 3.8) is 0 Å². The lowest BCUT2D eigenvalue weighted by molar-refractivity contribution is -0.141. The van der Waals surface area contributed by atoms with Crippen LogP contribution in [0.2, 0.25) is 0 Å². The molecule has 1 unspecified atom stereocenters. The number of aliphatic carboxylic acids is 1. The molecule has 1 atom stereocenters. The van der Waals surface area contributed by atoms with Gasteiger partial charge in [0.05, 0.1) is 11.6 Å². The third-order valence-corrected chi connectivity index (χ3v) is 4.25. The summed E-state index contributed by atoms with van der Waals surface area (Å²) in [5.74, 6) is -1.95. The molecule has 5 nitrogen and oxygen atoms in total. The van der Waals surface area contributed by atoms with Crippen LogP contribution in [0, 0.1) is 18.7 Å². The van der Waals surface area contributed by atoms with E-state index in [0.717, 1.165) is 0 Å². The summed E-state index contributed by atoms with van der Waals surface area (Å²) in [7, 11) is 0. The highest BCUT2D eigenvalue weighted by atomic mass is 79.9. The number of urea groups is 1. The second-order valence-corrected chi connectivity index (χ2v) is 5.59. The molecule has 1 saturated heterocycles. The predicted octanol–water partition coefficient (Wildman–Crippen LogP) is 2.84. The first-order valence-electron chi connectivity index (χ1n) is 6.13. The highest BCUT2D eigenvalue weighted by molar-refractivity contribution is 9.10. The highest BCUT2D eigenvalue weighted by Crippen LogP contribution is 2.26. The van der Waals surface area contributed by atoms with Gasteiger partial charge in [0.15, 0.2) is 5.82 Å². The van der Waals surface area contributed by atoms with Crippen LogP contribution >= 0.6 is 15.9 Å². The molecule has 0 aromatic heterocycles. The van der Waals surface area contributed by atoms with E-state index >= 15 is 0 Å². The first-order valence-corrected chi connectivity index (χ1v) is 6.92. The van der Waals surface area contributed by atoms with Gasteiger partial charge in [0.25, 0.3) is 0 Å². The summed E-state index contributed by atoms with van der Waals surface area (Å²) >= 11 is 3.21. The number of carbonyl (C=O) groups is 2. The van der Waals surface area contributed by atoms with Crippen molar-refractivity contribution in [1.29, 1.82) is 0 Å². The molecule has 7 heteroatoms. The summed E-state index contributed by atoms with van der Waals surface area (Å²) in [5.41, 5.74) is 0.502. The number of carboxylic acid groups (broad SMARTS) is 1. The van der Waals surface area contributed by atoms with Gasteiger partial charge >= 0.3 is 12.0 Å². The normalized spacial score (nSPS) is 18.1. The van der Waals surface area contributed by atoms with Crippen LogP contribution in [-0.4, -0.2) is 35.1 Å². The zero-order valence-electron chi connectivity index (χ0n) is 10.8. The van der Waals surface area contributed by atoms with E-state index in [2.05, 4.69) is 21.2 Å². The molecule has 1 aromatic carbocycles. The number of rotatable bonds is 2. The maximum absolute atomic E-state index is 14.0. The second kappa shape index (κ2) is 5.78. The maximum atomic E-state index is 14.0. The molecule has 0 aliphatic carbocycles. The van der Waals surface area contributed by atoms with Gasteiger partial charge in [-0.25, -0.2) is 9.18 Å². The fourth-order valence-corrected chi connectivity index (χ4v) is 2.40. The summed E-state index contributed by atoms with van der Waals surface area (Å²) in [6.07, 6.45) is 0.421. The molecule has 0 bridgehead atoms. The SMILES string of the molecule is Cc1c(Br)ccc(NC(=O)N2CCC(C(=O)O)C2)c1F. The van der Waals surface area contributed by atoms with Gasteiger partial charge in [0.1, 0.15) is 0 Å². The zero-order chi connectivity index (χ0) is 14.9. The Bertz CT molecular complexity index is 565. The number of benzene rings is 1. The first-order chi connectivity index (χ1) is 9.40. The van der Waals surface area contributed by atoms with Crippen LogP contribution in [0.1, 0.15) is 12.0 Å². The van der Waals surface area contributed by atoms with Crippen molar-refractivity contribution in [3.8, 4) is 0 Å². The summed E-state index contributed by atoms with van der Waals surface area (Å²) < 4.78 is 14.6. The Kier molecular flexibility index (Phi) is 4.27. The molecule has 2 N–H and O–H groups in total. The van der Waals surface area contributed by atoms with Crippen molar-refractivity contribution >= 4 is 33.6 Å². The van der Waals surface area contributed by atoms with Gasteiger partial charge < -0.3 is 15.3 Å². The Balaban J connectivity index is 2.06. The molecule has 1 fully saturated rings. The number of anilines is 1. The van der Waals surface area contributed by atoms with E-state index in [1.165, 1.54) is 11.0 Å². The molecular weight excluding hydrogens is 331 g/mol. The van der Waals surface area contributed by atoms with E-state index in [1.807, 2.05) is 0 Å². The molecule has 0 spiro atoms. The molecule has 108 valence electrons. The molecule has 2 rings (SSSR count). The van der Waals surface area contributed by atoms with E-state index < -0.39 is 23.7 Å². The maximum Gasteiger partial charge on any atom is 0.321 e. The summed E-state index contributed by atoms with van der Waals surface area (Å²) in [4.78, 5) is 24.2. The highest BCUT2D eigenvalue weighted by Gasteiger charge is 2.31. The van der Waals surface area contributed by atoms with Crippen LogP contribution in [-0.2, 0) is 4.79 Å². The summed E-state index contributed by atoms with van der Waals surface area (Å²) in [5, 5.41) is 11.4. The van der Waals surface area contributed by atoms with E-state index in [-0.39, 0.29) is 12.2 Å². The number of hydrogen-bond acceptors (Lipinski definition) is 2. The van der Waals surface area contributed by atoms with Gasteiger partial charge in [-0.3, -0.25) is 4.79 Å². The van der Waals surface area contributed by atoms with Crippen molar-refractivity contribution in [2.45, 2.75) is 13.3 Å². The standard InChI is InChI=1S/C13H14BrFN2O3/c1-7-9(14)2-3-10(11(7)15)16-13(20)17-5-4-8(6-17)12(18)19/h2-3,8H,4-6H2,1H3,(H,16,20)(H,18,19). The van der Waals surface area contributed by atoms with Crippen LogP contribution in [0.5, 0.6) is 0 Å². The van der Waals surface area contributed by atoms with Crippen LogP contribution in [0.25, 0.3) is 0 Å². The monoisotopic (exact) mass is 344 g/mol. The molecule has 0 radical (unpaired) electrons. The lowest BCUT2D eigenvalue weighted by atomic mass is 10.1. The third-order valence-electron chi connectivity index (χ3n) is 3.39. The smallest absolute Gasteiger partial charge is 0.321 e. The van der Waals surface area contributed by atoms with Crippen LogP contribution in [0.15, 0.2) is 16.6 Å². The fraction of sp³-hybridized carbons (Fsp3) is 0.385. The Morgan fingerprint density at radius 1 is 1.50 bits per heavy atom. The van der Waals surface area contributed by atoms with Gasteiger partial charge in [-0.1, -0.05) is 15.9 Å². The van der Waals surface area contributed by atoms with Gasteiger partial charge in [-0.2, -0.15) is 0 Å². The minimum Gasteiger partial charge on any atom is -0.481 e. The topological polar surface area (TPSA) is 69.6 Å². The van der Waals surface area contributed by atoms with Crippen molar-refractivity contribution in [2.75, 3.05) is 18.4 Å². The minimum atomic E-state index is -0.911. The van der Waals surface area contributed by atoms with E-state index in [1.54, 1.807) is 13.0 Å². The quantitative estimate of drug-likeness (QED) is 0.866. The van der Waals surface area contributed by atoms with E-state index in [4.69, 9.17) is 5.11 Å². The molecule has 1 aliphatic heterocycles.